The molecule has 1 atom stereocenters. The maximum absolute atomic E-state index is 12.2. The second-order valence-electron chi connectivity index (χ2n) is 5.00. The summed E-state index contributed by atoms with van der Waals surface area (Å²) in [6, 6.07) is 7.87. The Balaban J connectivity index is 2.02. The van der Waals surface area contributed by atoms with Gasteiger partial charge in [-0.25, -0.2) is 4.98 Å². The zero-order valence-corrected chi connectivity index (χ0v) is 13.7. The first-order valence-corrected chi connectivity index (χ1v) is 8.00. The predicted molar refractivity (Wildman–Crippen MR) is 87.2 cm³/mol. The van der Waals surface area contributed by atoms with Crippen molar-refractivity contribution in [3.05, 3.63) is 51.5 Å². The van der Waals surface area contributed by atoms with Gasteiger partial charge in [-0.1, -0.05) is 29.8 Å². The summed E-state index contributed by atoms with van der Waals surface area (Å²) in [5, 5.41) is 7.45. The SMILES string of the molecule is CCNC(=O)c1nc(C(=O)N[C@@H](C)c2ccc(C)cc2)cs1. The van der Waals surface area contributed by atoms with Crippen molar-refractivity contribution in [3.8, 4) is 0 Å². The van der Waals surface area contributed by atoms with Crippen LogP contribution in [0.15, 0.2) is 29.6 Å². The van der Waals surface area contributed by atoms with Crippen LogP contribution in [-0.2, 0) is 0 Å². The van der Waals surface area contributed by atoms with Crippen LogP contribution in [0, 0.1) is 6.92 Å². The van der Waals surface area contributed by atoms with Gasteiger partial charge in [-0.2, -0.15) is 0 Å². The molecule has 0 saturated heterocycles. The van der Waals surface area contributed by atoms with E-state index in [1.54, 1.807) is 5.38 Å². The van der Waals surface area contributed by atoms with Gasteiger partial charge in [0, 0.05) is 11.9 Å². The molecule has 6 heteroatoms. The smallest absolute Gasteiger partial charge is 0.280 e. The molecule has 2 aromatic rings. The fraction of sp³-hybridized carbons (Fsp3) is 0.312. The average Bonchev–Trinajstić information content (AvgIpc) is 2.98. The minimum Gasteiger partial charge on any atom is -0.350 e. The van der Waals surface area contributed by atoms with Gasteiger partial charge in [0.15, 0.2) is 5.01 Å². The summed E-state index contributed by atoms with van der Waals surface area (Å²) in [7, 11) is 0. The minimum absolute atomic E-state index is 0.122. The van der Waals surface area contributed by atoms with E-state index >= 15 is 0 Å². The lowest BCUT2D eigenvalue weighted by molar-refractivity contribution is 0.0935. The fourth-order valence-electron chi connectivity index (χ4n) is 1.93. The Morgan fingerprint density at radius 2 is 1.91 bits per heavy atom. The monoisotopic (exact) mass is 317 g/mol. The van der Waals surface area contributed by atoms with E-state index in [1.165, 1.54) is 16.9 Å². The van der Waals surface area contributed by atoms with Crippen molar-refractivity contribution in [3.63, 3.8) is 0 Å². The van der Waals surface area contributed by atoms with Crippen LogP contribution in [0.5, 0.6) is 0 Å². The second-order valence-corrected chi connectivity index (χ2v) is 5.86. The lowest BCUT2D eigenvalue weighted by Gasteiger charge is -2.13. The Hall–Kier alpha value is -2.21. The quantitative estimate of drug-likeness (QED) is 0.890. The highest BCUT2D eigenvalue weighted by Gasteiger charge is 2.17. The van der Waals surface area contributed by atoms with Crippen LogP contribution in [0.1, 0.15) is 51.3 Å². The highest BCUT2D eigenvalue weighted by Crippen LogP contribution is 2.15. The van der Waals surface area contributed by atoms with Crippen molar-refractivity contribution < 1.29 is 9.59 Å². The topological polar surface area (TPSA) is 71.1 Å². The number of nitrogens with zero attached hydrogens (tertiary/aromatic N) is 1. The standard InChI is InChI=1S/C16H19N3O2S/c1-4-17-15(21)16-19-13(9-22-16)14(20)18-11(3)12-7-5-10(2)6-8-12/h5-9,11H,4H2,1-3H3,(H,17,21)(H,18,20)/t11-/m0/s1. The van der Waals surface area contributed by atoms with E-state index in [0.29, 0.717) is 11.6 Å². The van der Waals surface area contributed by atoms with E-state index in [1.807, 2.05) is 45.0 Å². The van der Waals surface area contributed by atoms with Gasteiger partial charge in [0.1, 0.15) is 5.69 Å². The molecule has 5 nitrogen and oxygen atoms in total. The van der Waals surface area contributed by atoms with Crippen LogP contribution in [0.3, 0.4) is 0 Å². The molecule has 1 aromatic carbocycles. The molecule has 0 fully saturated rings. The van der Waals surface area contributed by atoms with Gasteiger partial charge in [-0.3, -0.25) is 9.59 Å². The molecule has 0 spiro atoms. The van der Waals surface area contributed by atoms with Crippen LogP contribution in [0.2, 0.25) is 0 Å². The molecule has 0 unspecified atom stereocenters. The predicted octanol–water partition coefficient (Wildman–Crippen LogP) is 2.69. The molecule has 1 heterocycles. The molecular weight excluding hydrogens is 298 g/mol. The number of aromatic nitrogens is 1. The van der Waals surface area contributed by atoms with Crippen LogP contribution >= 0.6 is 11.3 Å². The number of hydrogen-bond donors (Lipinski definition) is 2. The third-order valence-corrected chi connectivity index (χ3v) is 4.03. The summed E-state index contributed by atoms with van der Waals surface area (Å²) >= 11 is 1.17. The van der Waals surface area contributed by atoms with Gasteiger partial charge >= 0.3 is 0 Å². The average molecular weight is 317 g/mol. The second kappa shape index (κ2) is 7.17. The first kappa shape index (κ1) is 16.2. The van der Waals surface area contributed by atoms with Crippen LogP contribution in [-0.4, -0.2) is 23.3 Å². The summed E-state index contributed by atoms with van der Waals surface area (Å²) < 4.78 is 0. The molecule has 0 aliphatic rings. The van der Waals surface area contributed by atoms with Gasteiger partial charge < -0.3 is 10.6 Å². The van der Waals surface area contributed by atoms with E-state index in [2.05, 4.69) is 15.6 Å². The number of thiazole rings is 1. The zero-order valence-electron chi connectivity index (χ0n) is 12.8. The van der Waals surface area contributed by atoms with E-state index < -0.39 is 0 Å². The maximum Gasteiger partial charge on any atom is 0.280 e. The molecule has 0 saturated carbocycles. The molecule has 1 aromatic heterocycles. The minimum atomic E-state index is -0.278. The fourth-order valence-corrected chi connectivity index (χ4v) is 2.64. The number of rotatable bonds is 5. The molecule has 2 amide bonds. The van der Waals surface area contributed by atoms with Gasteiger partial charge in [-0.15, -0.1) is 11.3 Å². The number of amides is 2. The van der Waals surface area contributed by atoms with Crippen molar-refractivity contribution in [1.29, 1.82) is 0 Å². The first-order chi connectivity index (χ1) is 10.5. The van der Waals surface area contributed by atoms with Gasteiger partial charge in [0.25, 0.3) is 11.8 Å². The Bertz CT molecular complexity index is 664. The van der Waals surface area contributed by atoms with Crippen molar-refractivity contribution in [2.45, 2.75) is 26.8 Å². The van der Waals surface area contributed by atoms with E-state index in [4.69, 9.17) is 0 Å². The number of carbonyl (C=O) groups excluding carboxylic acids is 2. The van der Waals surface area contributed by atoms with Crippen LogP contribution in [0.25, 0.3) is 0 Å². The number of benzene rings is 1. The first-order valence-electron chi connectivity index (χ1n) is 7.12. The number of nitrogens with one attached hydrogen (secondary N) is 2. The van der Waals surface area contributed by atoms with Crippen molar-refractivity contribution in [2.75, 3.05) is 6.54 Å². The molecule has 116 valence electrons. The van der Waals surface area contributed by atoms with E-state index in [-0.39, 0.29) is 23.6 Å². The molecule has 22 heavy (non-hydrogen) atoms. The Morgan fingerprint density at radius 3 is 2.55 bits per heavy atom. The summed E-state index contributed by atoms with van der Waals surface area (Å²) in [4.78, 5) is 27.9. The van der Waals surface area contributed by atoms with Gasteiger partial charge in [0.2, 0.25) is 0 Å². The molecule has 0 aliphatic carbocycles. The zero-order chi connectivity index (χ0) is 16.1. The van der Waals surface area contributed by atoms with E-state index in [0.717, 1.165) is 5.56 Å². The van der Waals surface area contributed by atoms with Crippen molar-refractivity contribution in [1.82, 2.24) is 15.6 Å². The third-order valence-electron chi connectivity index (χ3n) is 3.19. The number of hydrogen-bond acceptors (Lipinski definition) is 4. The lowest BCUT2D eigenvalue weighted by atomic mass is 10.1. The maximum atomic E-state index is 12.2. The molecule has 0 bridgehead atoms. The Labute approximate surface area is 133 Å². The lowest BCUT2D eigenvalue weighted by Crippen LogP contribution is -2.27. The van der Waals surface area contributed by atoms with Crippen molar-refractivity contribution >= 4 is 23.2 Å². The van der Waals surface area contributed by atoms with Crippen molar-refractivity contribution in [2.24, 2.45) is 0 Å². The van der Waals surface area contributed by atoms with Gasteiger partial charge in [-0.05, 0) is 26.3 Å². The highest BCUT2D eigenvalue weighted by atomic mass is 32.1. The molecule has 0 radical (unpaired) electrons. The number of aryl methyl sites for hydroxylation is 1. The number of carbonyl (C=O) groups is 2. The summed E-state index contributed by atoms with van der Waals surface area (Å²) in [6.45, 7) is 6.30. The Morgan fingerprint density at radius 1 is 1.23 bits per heavy atom. The summed E-state index contributed by atoms with van der Waals surface area (Å²) in [5.41, 5.74) is 2.47. The highest BCUT2D eigenvalue weighted by molar-refractivity contribution is 7.11. The van der Waals surface area contributed by atoms with E-state index in [9.17, 15) is 9.59 Å². The van der Waals surface area contributed by atoms with Crippen LogP contribution in [0.4, 0.5) is 0 Å². The molecule has 0 aliphatic heterocycles. The molecule has 2 N–H and O–H groups in total. The normalized spacial score (nSPS) is 11.8. The molecule has 2 rings (SSSR count). The van der Waals surface area contributed by atoms with Gasteiger partial charge in [0.05, 0.1) is 6.04 Å². The summed E-state index contributed by atoms with van der Waals surface area (Å²) in [6.07, 6.45) is 0. The largest absolute Gasteiger partial charge is 0.350 e. The summed E-state index contributed by atoms with van der Waals surface area (Å²) in [5.74, 6) is -0.530. The Kier molecular flexibility index (Phi) is 5.27. The third kappa shape index (κ3) is 3.92. The molecular formula is C16H19N3O2S. The van der Waals surface area contributed by atoms with Crippen LogP contribution < -0.4 is 10.6 Å².